The Morgan fingerprint density at radius 2 is 1.00 bits per heavy atom. The first kappa shape index (κ1) is 27.3. The molecule has 0 aromatic rings. The minimum Gasteiger partial charge on any atom is -0.550 e. The number of carbonyl (C=O) groups is 2. The Balaban J connectivity index is -0.000000105. The normalized spacial score (nSPS) is 8.32. The zero-order chi connectivity index (χ0) is 15.0. The number of aliphatic carboxylic acids is 2. The van der Waals surface area contributed by atoms with Crippen LogP contribution in [0.25, 0.3) is 0 Å². The van der Waals surface area contributed by atoms with Gasteiger partial charge in [0, 0.05) is 11.9 Å². The van der Waals surface area contributed by atoms with Crippen LogP contribution in [0.15, 0.2) is 0 Å². The van der Waals surface area contributed by atoms with E-state index in [1.165, 1.54) is 0 Å². The Labute approximate surface area is 129 Å². The first-order chi connectivity index (χ1) is 8.31. The summed E-state index contributed by atoms with van der Waals surface area (Å²) in [5, 5.41) is 17.8. The maximum absolute atomic E-state index is 8.89. The van der Waals surface area contributed by atoms with Gasteiger partial charge in [-0.05, 0) is 34.6 Å². The van der Waals surface area contributed by atoms with E-state index in [0.29, 0.717) is 19.8 Å². The van der Waals surface area contributed by atoms with Gasteiger partial charge in [-0.15, -0.1) is 0 Å². The third kappa shape index (κ3) is 57.1. The number of carboxylic acids is 2. The van der Waals surface area contributed by atoms with Crippen LogP contribution in [0.5, 0.6) is 0 Å². The van der Waals surface area contributed by atoms with Crippen molar-refractivity contribution in [2.24, 2.45) is 0 Å². The molecule has 0 N–H and O–H groups in total. The number of carbonyl (C=O) groups excluding carboxylic acids is 2. The molecular weight excluding hydrogens is 369 g/mol. The Kier molecular flexibility index (Phi) is 33.1. The van der Waals surface area contributed by atoms with Crippen LogP contribution < -0.4 is 10.2 Å². The van der Waals surface area contributed by atoms with Gasteiger partial charge in [-0.1, -0.05) is 0 Å². The third-order valence-corrected chi connectivity index (χ3v) is 2.11. The first-order valence-corrected chi connectivity index (χ1v) is 6.45. The van der Waals surface area contributed by atoms with E-state index in [4.69, 9.17) is 33.4 Å². The van der Waals surface area contributed by atoms with E-state index < -0.39 is 20.5 Å². The second-order valence-corrected chi connectivity index (χ2v) is 3.68. The van der Waals surface area contributed by atoms with Crippen LogP contribution in [0.2, 0.25) is 0 Å². The molecule has 0 atom stereocenters. The van der Waals surface area contributed by atoms with Crippen LogP contribution in [0, 0.1) is 0 Å². The van der Waals surface area contributed by atoms with Gasteiger partial charge in [0.05, 0.1) is 19.8 Å². The van der Waals surface area contributed by atoms with Crippen LogP contribution in [0.1, 0.15) is 34.6 Å². The molecular formula is C10H21O7PPd. The van der Waals surface area contributed by atoms with Gasteiger partial charge in [0.2, 0.25) is 0 Å². The van der Waals surface area contributed by atoms with Gasteiger partial charge in [0.15, 0.2) is 0 Å². The molecule has 118 valence electrons. The van der Waals surface area contributed by atoms with Crippen molar-refractivity contribution < 1.29 is 53.8 Å². The average molecular weight is 391 g/mol. The fourth-order valence-corrected chi connectivity index (χ4v) is 1.28. The molecule has 0 heterocycles. The minimum absolute atomic E-state index is 0. The van der Waals surface area contributed by atoms with Gasteiger partial charge < -0.3 is 33.4 Å². The van der Waals surface area contributed by atoms with Crippen LogP contribution in [-0.2, 0) is 43.6 Å². The summed E-state index contributed by atoms with van der Waals surface area (Å²) in [5.41, 5.74) is 0. The molecule has 0 saturated heterocycles. The molecule has 0 spiro atoms. The molecule has 0 unspecified atom stereocenters. The topological polar surface area (TPSA) is 108 Å². The zero-order valence-electron chi connectivity index (χ0n) is 11.7. The van der Waals surface area contributed by atoms with E-state index in [0.717, 1.165) is 13.8 Å². The first-order valence-electron chi connectivity index (χ1n) is 5.35. The SMILES string of the molecule is CC(=O)[O-].CC(=O)[O-].CCOP(OCC)OCC.[Pd+2]. The minimum atomic E-state index is -1.08. The van der Waals surface area contributed by atoms with E-state index in [-0.39, 0.29) is 20.4 Å². The molecule has 9 heteroatoms. The Hall–Kier alpha value is -0.0877. The van der Waals surface area contributed by atoms with Crippen molar-refractivity contribution in [3.8, 4) is 0 Å². The van der Waals surface area contributed by atoms with Crippen LogP contribution in [-0.4, -0.2) is 31.8 Å². The molecule has 0 radical (unpaired) electrons. The third-order valence-electron chi connectivity index (χ3n) is 0.704. The van der Waals surface area contributed by atoms with Crippen LogP contribution in [0.3, 0.4) is 0 Å². The predicted octanol–water partition coefficient (Wildman–Crippen LogP) is -0.167. The van der Waals surface area contributed by atoms with Gasteiger partial charge in [0.1, 0.15) is 0 Å². The van der Waals surface area contributed by atoms with Crippen LogP contribution >= 0.6 is 8.60 Å². The van der Waals surface area contributed by atoms with Gasteiger partial charge in [-0.3, -0.25) is 0 Å². The second kappa shape index (κ2) is 23.0. The fourth-order valence-electron chi connectivity index (χ4n) is 0.428. The number of carboxylic acid groups (broad SMARTS) is 2. The van der Waals surface area contributed by atoms with E-state index in [2.05, 4.69) is 0 Å². The van der Waals surface area contributed by atoms with Gasteiger partial charge >= 0.3 is 29.0 Å². The molecule has 19 heavy (non-hydrogen) atoms. The van der Waals surface area contributed by atoms with E-state index >= 15 is 0 Å². The van der Waals surface area contributed by atoms with Crippen molar-refractivity contribution in [1.82, 2.24) is 0 Å². The van der Waals surface area contributed by atoms with E-state index in [1.807, 2.05) is 20.8 Å². The summed E-state index contributed by atoms with van der Waals surface area (Å²) in [4.78, 5) is 17.8. The maximum Gasteiger partial charge on any atom is 2.00 e. The summed E-state index contributed by atoms with van der Waals surface area (Å²) in [6.07, 6.45) is 0. The molecule has 7 nitrogen and oxygen atoms in total. The summed E-state index contributed by atoms with van der Waals surface area (Å²) < 4.78 is 15.4. The number of hydrogen-bond acceptors (Lipinski definition) is 7. The van der Waals surface area contributed by atoms with Gasteiger partial charge in [-0.2, -0.15) is 0 Å². The molecule has 0 saturated carbocycles. The quantitative estimate of drug-likeness (QED) is 0.458. The zero-order valence-corrected chi connectivity index (χ0v) is 14.2. The molecule has 0 aliphatic rings. The van der Waals surface area contributed by atoms with Gasteiger partial charge in [0.25, 0.3) is 0 Å². The van der Waals surface area contributed by atoms with E-state index in [9.17, 15) is 0 Å². The molecule has 0 aromatic carbocycles. The van der Waals surface area contributed by atoms with Crippen molar-refractivity contribution in [2.45, 2.75) is 34.6 Å². The molecule has 0 aromatic heterocycles. The predicted molar refractivity (Wildman–Crippen MR) is 63.2 cm³/mol. The Bertz CT molecular complexity index is 170. The van der Waals surface area contributed by atoms with Crippen molar-refractivity contribution in [3.05, 3.63) is 0 Å². The average Bonchev–Trinajstić information content (AvgIpc) is 2.17. The molecule has 0 aliphatic carbocycles. The summed E-state index contributed by atoms with van der Waals surface area (Å²) >= 11 is 0. The second-order valence-electron chi connectivity index (χ2n) is 2.46. The Morgan fingerprint density at radius 1 is 0.842 bits per heavy atom. The molecule has 0 bridgehead atoms. The summed E-state index contributed by atoms with van der Waals surface area (Å²) in [5.74, 6) is -2.17. The standard InChI is InChI=1S/C6H15O3P.2C2H4O2.Pd/c1-4-7-10(8-5-2)9-6-3;2*1-2(3)4;/h4-6H2,1-3H3;2*1H3,(H,3,4);/q;;;+2/p-2. The van der Waals surface area contributed by atoms with Crippen molar-refractivity contribution in [3.63, 3.8) is 0 Å². The summed E-state index contributed by atoms with van der Waals surface area (Å²) in [6.45, 7) is 9.65. The molecule has 0 amide bonds. The summed E-state index contributed by atoms with van der Waals surface area (Å²) in [7, 11) is -1.06. The smallest absolute Gasteiger partial charge is 0.550 e. The van der Waals surface area contributed by atoms with Gasteiger partial charge in [-0.25, -0.2) is 0 Å². The largest absolute Gasteiger partial charge is 2.00 e. The van der Waals surface area contributed by atoms with Crippen molar-refractivity contribution in [1.29, 1.82) is 0 Å². The van der Waals surface area contributed by atoms with Crippen molar-refractivity contribution in [2.75, 3.05) is 19.8 Å². The fraction of sp³-hybridized carbons (Fsp3) is 0.800. The molecule has 0 aliphatic heterocycles. The molecule has 0 fully saturated rings. The van der Waals surface area contributed by atoms with Crippen LogP contribution in [0.4, 0.5) is 0 Å². The maximum atomic E-state index is 8.89. The van der Waals surface area contributed by atoms with Crippen molar-refractivity contribution >= 4 is 20.5 Å². The molecule has 0 rings (SSSR count). The Morgan fingerprint density at radius 3 is 1.11 bits per heavy atom. The monoisotopic (exact) mass is 390 g/mol. The summed E-state index contributed by atoms with van der Waals surface area (Å²) in [6, 6.07) is 0. The number of hydrogen-bond donors (Lipinski definition) is 0. The number of rotatable bonds is 6. The van der Waals surface area contributed by atoms with E-state index in [1.54, 1.807) is 0 Å².